The molecular weight excluding hydrogens is 785 g/mol. The van der Waals surface area contributed by atoms with Crippen LogP contribution in [-0.2, 0) is 6.42 Å². The number of rotatable bonds is 7. The monoisotopic (exact) mass is 832 g/mol. The van der Waals surface area contributed by atoms with Gasteiger partial charge in [-0.15, -0.1) is 11.3 Å². The molecule has 0 fully saturated rings. The molecular formula is C58H48N4S. The molecule has 4 heterocycles. The zero-order chi connectivity index (χ0) is 41.7. The minimum Gasteiger partial charge on any atom is -0.279 e. The van der Waals surface area contributed by atoms with Crippen molar-refractivity contribution in [1.82, 2.24) is 15.0 Å². The van der Waals surface area contributed by atoms with E-state index in [9.17, 15) is 0 Å². The average molecular weight is 833 g/mol. The maximum Gasteiger partial charge on any atom is 0.160 e. The summed E-state index contributed by atoms with van der Waals surface area (Å²) in [6.07, 6.45) is 35.6. The van der Waals surface area contributed by atoms with Gasteiger partial charge in [0.15, 0.2) is 5.82 Å². The number of aromatic nitrogens is 3. The summed E-state index contributed by atoms with van der Waals surface area (Å²) in [6.45, 7) is 0. The van der Waals surface area contributed by atoms with Crippen molar-refractivity contribution >= 4 is 49.9 Å². The van der Waals surface area contributed by atoms with Crippen LogP contribution in [0.15, 0.2) is 168 Å². The van der Waals surface area contributed by atoms with Crippen molar-refractivity contribution in [2.75, 3.05) is 0 Å². The minimum absolute atomic E-state index is 0.00950. The van der Waals surface area contributed by atoms with Crippen LogP contribution >= 0.6 is 11.3 Å². The third kappa shape index (κ3) is 7.19. The first-order valence-corrected chi connectivity index (χ1v) is 23.7. The minimum atomic E-state index is -0.00950. The van der Waals surface area contributed by atoms with E-state index in [1.54, 1.807) is 0 Å². The number of hydrogen-bond acceptors (Lipinski definition) is 5. The predicted molar refractivity (Wildman–Crippen MR) is 264 cm³/mol. The first-order chi connectivity index (χ1) is 31.2. The lowest BCUT2D eigenvalue weighted by Gasteiger charge is -2.31. The Bertz CT molecular complexity index is 3110. The fourth-order valence-corrected chi connectivity index (χ4v) is 11.8. The van der Waals surface area contributed by atoms with Gasteiger partial charge in [0.1, 0.15) is 0 Å². The van der Waals surface area contributed by atoms with Crippen LogP contribution < -0.4 is 0 Å². The Morgan fingerprint density at radius 2 is 1.41 bits per heavy atom. The van der Waals surface area contributed by atoms with Gasteiger partial charge >= 0.3 is 0 Å². The third-order valence-electron chi connectivity index (χ3n) is 13.7. The van der Waals surface area contributed by atoms with E-state index in [0.717, 1.165) is 110 Å². The molecule has 306 valence electrons. The molecule has 12 rings (SSSR count). The topological polar surface area (TPSA) is 51.0 Å². The second-order valence-corrected chi connectivity index (χ2v) is 18.6. The Hall–Kier alpha value is -6.56. The Morgan fingerprint density at radius 1 is 0.587 bits per heavy atom. The first-order valence-electron chi connectivity index (χ1n) is 22.9. The summed E-state index contributed by atoms with van der Waals surface area (Å²) in [5.74, 6) is 1.13. The molecule has 3 aromatic carbocycles. The smallest absolute Gasteiger partial charge is 0.160 e. The molecule has 0 saturated carbocycles. The highest BCUT2D eigenvalue weighted by Gasteiger charge is 2.32. The van der Waals surface area contributed by atoms with Crippen LogP contribution in [0.2, 0.25) is 0 Å². The van der Waals surface area contributed by atoms with E-state index in [2.05, 4.69) is 158 Å². The lowest BCUT2D eigenvalue weighted by atomic mass is 9.81. The Morgan fingerprint density at radius 3 is 2.22 bits per heavy atom. The number of thiophene rings is 1. The van der Waals surface area contributed by atoms with Gasteiger partial charge in [-0.3, -0.25) is 4.99 Å². The van der Waals surface area contributed by atoms with Crippen LogP contribution in [0.5, 0.6) is 0 Å². The van der Waals surface area contributed by atoms with Gasteiger partial charge in [-0.2, -0.15) is 0 Å². The average Bonchev–Trinajstić information content (AvgIpc) is 3.76. The highest BCUT2D eigenvalue weighted by Crippen LogP contribution is 2.48. The molecule has 2 atom stereocenters. The van der Waals surface area contributed by atoms with Crippen LogP contribution in [0, 0.1) is 5.92 Å². The van der Waals surface area contributed by atoms with Crippen molar-refractivity contribution in [2.45, 2.75) is 70.3 Å². The largest absolute Gasteiger partial charge is 0.279 e. The molecule has 0 amide bonds. The normalized spacial score (nSPS) is 20.1. The fourth-order valence-electron chi connectivity index (χ4n) is 10.4. The van der Waals surface area contributed by atoms with Crippen LogP contribution in [-0.4, -0.2) is 20.7 Å². The van der Waals surface area contributed by atoms with Crippen molar-refractivity contribution in [3.05, 3.63) is 207 Å². The molecule has 1 aliphatic heterocycles. The summed E-state index contributed by atoms with van der Waals surface area (Å²) in [7, 11) is 0. The van der Waals surface area contributed by atoms with Gasteiger partial charge in [0, 0.05) is 37.9 Å². The Labute approximate surface area is 374 Å². The SMILES string of the molecule is C1=CCCC(C2=CC=C(c3cc(-c4cc(-c5ccc6c(n5)C5N=C(c7ccccc7)CC[C@H]5C=C6)c5sc6c(c5c4)CCC=C6c4ccccc4)nc(C4=CCCC=C4)n3)CC2)=C1. The van der Waals surface area contributed by atoms with Crippen molar-refractivity contribution < 1.29 is 0 Å². The molecule has 0 spiro atoms. The van der Waals surface area contributed by atoms with Gasteiger partial charge < -0.3 is 0 Å². The van der Waals surface area contributed by atoms with Crippen molar-refractivity contribution in [3.8, 4) is 22.5 Å². The molecule has 4 nitrogen and oxygen atoms in total. The van der Waals surface area contributed by atoms with Crippen LogP contribution in [0.3, 0.4) is 0 Å². The zero-order valence-electron chi connectivity index (χ0n) is 35.4. The molecule has 5 heteroatoms. The molecule has 6 aromatic rings. The van der Waals surface area contributed by atoms with Crippen LogP contribution in [0.25, 0.3) is 55.4 Å². The Balaban J connectivity index is 1.04. The van der Waals surface area contributed by atoms with Gasteiger partial charge in [0.05, 0.1) is 28.8 Å². The summed E-state index contributed by atoms with van der Waals surface area (Å²) in [5.41, 5.74) is 19.2. The number of aryl methyl sites for hydroxylation is 1. The third-order valence-corrected chi connectivity index (χ3v) is 15.0. The maximum atomic E-state index is 5.65. The zero-order valence-corrected chi connectivity index (χ0v) is 36.3. The summed E-state index contributed by atoms with van der Waals surface area (Å²) < 4.78 is 1.28. The molecule has 63 heavy (non-hydrogen) atoms. The van der Waals surface area contributed by atoms with Gasteiger partial charge in [-0.1, -0.05) is 134 Å². The standard InChI is InChI=1S/C58H48N4S/c1-5-14-37(15-6-1)38-24-26-41(27-25-38)52-36-53(62-58(61-52)44-20-11-4-12-21-44)45-34-48-47-23-13-22-46(39-16-7-2-8-17-39)56(47)63-57(48)49(35-45)51-33-31-43-29-28-42-30-32-50(40-18-9-3-10-19-40)59-54(42)55(43)60-51/h1-3,5,7-11,14,16-22,24,26,28-29,31,33-36,42,54H,4,6,12-13,15,23,25,27,30,32H2/t42-,54?/m1/s1. The summed E-state index contributed by atoms with van der Waals surface area (Å²) >= 11 is 1.92. The van der Waals surface area contributed by atoms with Gasteiger partial charge in [-0.05, 0) is 138 Å². The molecule has 3 aromatic heterocycles. The lowest BCUT2D eigenvalue weighted by Crippen LogP contribution is -2.23. The van der Waals surface area contributed by atoms with E-state index < -0.39 is 0 Å². The highest BCUT2D eigenvalue weighted by atomic mass is 32.1. The molecule has 0 bridgehead atoms. The van der Waals surface area contributed by atoms with E-state index >= 15 is 0 Å². The number of fused-ring (bicyclic) bond motifs is 6. The molecule has 1 unspecified atom stereocenters. The van der Waals surface area contributed by atoms with E-state index in [0.29, 0.717) is 5.92 Å². The highest BCUT2D eigenvalue weighted by molar-refractivity contribution is 7.21. The quantitative estimate of drug-likeness (QED) is 0.161. The van der Waals surface area contributed by atoms with E-state index in [-0.39, 0.29) is 6.04 Å². The molecule has 0 radical (unpaired) electrons. The summed E-state index contributed by atoms with van der Waals surface area (Å²) in [6, 6.07) is 33.2. The second-order valence-electron chi connectivity index (χ2n) is 17.6. The molecule has 5 aliphatic carbocycles. The van der Waals surface area contributed by atoms with E-state index in [1.807, 2.05) is 11.3 Å². The predicted octanol–water partition coefficient (Wildman–Crippen LogP) is 14.9. The number of hydrogen-bond donors (Lipinski definition) is 0. The first kappa shape index (κ1) is 38.1. The van der Waals surface area contributed by atoms with Crippen LogP contribution in [0.4, 0.5) is 0 Å². The molecule has 0 N–H and O–H groups in total. The number of allylic oxidation sites excluding steroid dienone is 13. The van der Waals surface area contributed by atoms with Gasteiger partial charge in [-0.25, -0.2) is 15.0 Å². The second kappa shape index (κ2) is 16.3. The number of nitrogens with zero attached hydrogens (tertiary/aromatic N) is 4. The fraction of sp³-hybridized carbons (Fsp3) is 0.207. The Kier molecular flexibility index (Phi) is 9.86. The summed E-state index contributed by atoms with van der Waals surface area (Å²) in [5, 5.41) is 1.31. The van der Waals surface area contributed by atoms with Gasteiger partial charge in [0.2, 0.25) is 0 Å². The summed E-state index contributed by atoms with van der Waals surface area (Å²) in [4.78, 5) is 23.2. The maximum absolute atomic E-state index is 5.65. The van der Waals surface area contributed by atoms with Crippen LogP contribution in [0.1, 0.15) is 108 Å². The van der Waals surface area contributed by atoms with E-state index in [4.69, 9.17) is 19.9 Å². The van der Waals surface area contributed by atoms with Crippen molar-refractivity contribution in [1.29, 1.82) is 0 Å². The number of pyridine rings is 1. The molecule has 0 saturated heterocycles. The van der Waals surface area contributed by atoms with Crippen molar-refractivity contribution in [3.63, 3.8) is 0 Å². The van der Waals surface area contributed by atoms with E-state index in [1.165, 1.54) is 65.2 Å². The van der Waals surface area contributed by atoms with Crippen molar-refractivity contribution in [2.24, 2.45) is 10.9 Å². The number of aliphatic imine (C=N–C) groups is 1. The lowest BCUT2D eigenvalue weighted by molar-refractivity contribution is 0.463. The molecule has 6 aliphatic rings. The number of benzene rings is 3. The van der Waals surface area contributed by atoms with Gasteiger partial charge in [0.25, 0.3) is 0 Å².